The second kappa shape index (κ2) is 13.8. The van der Waals surface area contributed by atoms with Crippen molar-refractivity contribution < 1.29 is 59.3 Å². The molecule has 4 aromatic rings. The Balaban J connectivity index is 0.000000183. The number of Topliss-reactive ketones (excluding diaryl/α,β-unsaturated/α-hetero) is 2. The monoisotopic (exact) mass is 764 g/mol. The van der Waals surface area contributed by atoms with Gasteiger partial charge in [0.25, 0.3) is 0 Å². The Labute approximate surface area is 301 Å². The van der Waals surface area contributed by atoms with Gasteiger partial charge in [-0.15, -0.1) is 0 Å². The quantitative estimate of drug-likeness (QED) is 0.269. The first-order valence-electron chi connectivity index (χ1n) is 15.5. The molecule has 1 saturated heterocycles. The molecule has 2 aliphatic carbocycles. The third kappa shape index (κ3) is 7.25. The van der Waals surface area contributed by atoms with Gasteiger partial charge in [0.15, 0.2) is 31.2 Å². The molecule has 7 rings (SSSR count). The Hall–Kier alpha value is -5.56. The molecule has 0 saturated carbocycles. The molecule has 0 aromatic heterocycles. The van der Waals surface area contributed by atoms with Crippen molar-refractivity contribution in [3.05, 3.63) is 106 Å². The third-order valence-corrected chi connectivity index (χ3v) is 10.6. The van der Waals surface area contributed by atoms with Gasteiger partial charge < -0.3 is 24.1 Å². The zero-order valence-corrected chi connectivity index (χ0v) is 29.3. The van der Waals surface area contributed by atoms with E-state index in [0.29, 0.717) is 0 Å². The molecule has 1 heterocycles. The summed E-state index contributed by atoms with van der Waals surface area (Å²) in [5.41, 5.74) is 0.153. The summed E-state index contributed by atoms with van der Waals surface area (Å²) in [6.07, 6.45) is 0.332. The summed E-state index contributed by atoms with van der Waals surface area (Å²) in [7, 11) is -7.37. The van der Waals surface area contributed by atoms with Crippen LogP contribution in [-0.4, -0.2) is 59.2 Å². The number of fused-ring (bicyclic) bond motifs is 3. The summed E-state index contributed by atoms with van der Waals surface area (Å²) in [4.78, 5) is 24.6. The van der Waals surface area contributed by atoms with Crippen LogP contribution in [0.25, 0.3) is 0 Å². The van der Waals surface area contributed by atoms with E-state index in [1.165, 1.54) is 36.4 Å². The molecule has 0 amide bonds. The van der Waals surface area contributed by atoms with Gasteiger partial charge in [-0.05, 0) is 48.5 Å². The van der Waals surface area contributed by atoms with Gasteiger partial charge in [0, 0.05) is 47.8 Å². The minimum Gasteiger partial charge on any atom is -0.457 e. The molecule has 0 unspecified atom stereocenters. The van der Waals surface area contributed by atoms with Crippen molar-refractivity contribution in [3.8, 4) is 35.1 Å². The number of aliphatic hydroxyl groups is 1. The Morgan fingerprint density at radius 1 is 0.755 bits per heavy atom. The molecular weight excluding hydrogens is 739 g/mol. The fraction of sp³-hybridized carbons (Fsp3) is 0.222. The fourth-order valence-electron chi connectivity index (χ4n) is 6.31. The molecule has 3 aliphatic rings. The van der Waals surface area contributed by atoms with Crippen LogP contribution in [0.3, 0.4) is 0 Å². The van der Waals surface area contributed by atoms with Crippen LogP contribution in [0.2, 0.25) is 0 Å². The molecule has 272 valence electrons. The zero-order valence-electron chi connectivity index (χ0n) is 27.7. The summed E-state index contributed by atoms with van der Waals surface area (Å²) in [6, 6.07) is 15.5. The van der Waals surface area contributed by atoms with Crippen molar-refractivity contribution in [2.45, 2.75) is 34.5 Å². The normalized spacial score (nSPS) is 17.0. The lowest BCUT2D eigenvalue weighted by molar-refractivity contribution is -0.159. The molecule has 1 N–H and O–H groups in total. The number of ketones is 2. The van der Waals surface area contributed by atoms with Crippen LogP contribution in [0.4, 0.5) is 8.78 Å². The first kappa shape index (κ1) is 37.2. The van der Waals surface area contributed by atoms with E-state index in [4.69, 9.17) is 29.5 Å². The number of hydrogen-bond acceptors (Lipinski definition) is 13. The van der Waals surface area contributed by atoms with E-state index in [1.54, 1.807) is 6.07 Å². The number of nitriles is 2. The summed E-state index contributed by atoms with van der Waals surface area (Å²) in [5, 5.41) is 28.0. The maximum atomic E-state index is 13.7. The molecule has 1 spiro atoms. The van der Waals surface area contributed by atoms with Crippen molar-refractivity contribution in [3.63, 3.8) is 0 Å². The number of halogens is 2. The second-order valence-corrected chi connectivity index (χ2v) is 16.1. The van der Waals surface area contributed by atoms with Gasteiger partial charge in [-0.3, -0.25) is 9.59 Å². The van der Waals surface area contributed by atoms with E-state index in [-0.39, 0.29) is 92.2 Å². The van der Waals surface area contributed by atoms with Gasteiger partial charge in [-0.1, -0.05) is 0 Å². The number of nitrogens with zero attached hydrogens (tertiary/aromatic N) is 2. The van der Waals surface area contributed by atoms with Crippen molar-refractivity contribution in [1.82, 2.24) is 0 Å². The standard InChI is InChI=1S/C19H14FNO6S.C17H12FNO5S/c1-28(23,24)16-3-2-15(27-13-7-11(10-21)6-12(20)8-13)17-14(22)9-19(18(16)17)25-4-5-26-19;1-25(22,23)15-3-2-14(16-12(20)7-13(21)17(15)16)24-11-5-9(8-19)4-10(18)6-11/h2-3,6-8H,4-5,9H2,1H3;2-6,12,20H,7H2,1H3/t;12-/m.1/s1. The Bertz CT molecular complexity index is 2540. The molecule has 53 heavy (non-hydrogen) atoms. The average molecular weight is 765 g/mol. The topological polar surface area (TPSA) is 207 Å². The molecule has 1 aliphatic heterocycles. The van der Waals surface area contributed by atoms with Gasteiger partial charge in [0.1, 0.15) is 34.6 Å². The lowest BCUT2D eigenvalue weighted by atomic mass is 10.1. The smallest absolute Gasteiger partial charge is 0.204 e. The lowest BCUT2D eigenvalue weighted by Gasteiger charge is -2.24. The van der Waals surface area contributed by atoms with E-state index in [1.807, 2.05) is 6.07 Å². The summed E-state index contributed by atoms with van der Waals surface area (Å²) in [5.74, 6) is -3.67. The molecule has 0 radical (unpaired) electrons. The van der Waals surface area contributed by atoms with Crippen LogP contribution in [-0.2, 0) is 34.9 Å². The Morgan fingerprint density at radius 3 is 1.79 bits per heavy atom. The van der Waals surface area contributed by atoms with E-state index < -0.39 is 54.8 Å². The van der Waals surface area contributed by atoms with Crippen molar-refractivity contribution >= 4 is 31.2 Å². The van der Waals surface area contributed by atoms with Gasteiger partial charge in [0.2, 0.25) is 5.79 Å². The number of benzene rings is 4. The lowest BCUT2D eigenvalue weighted by Crippen LogP contribution is -2.26. The minimum atomic E-state index is -3.69. The predicted octanol–water partition coefficient (Wildman–Crippen LogP) is 5.19. The maximum absolute atomic E-state index is 13.7. The Kier molecular flexibility index (Phi) is 9.67. The van der Waals surface area contributed by atoms with E-state index in [9.17, 15) is 40.3 Å². The average Bonchev–Trinajstić information content (AvgIpc) is 3.75. The van der Waals surface area contributed by atoms with Crippen molar-refractivity contribution in [1.29, 1.82) is 10.5 Å². The molecule has 17 heteroatoms. The van der Waals surface area contributed by atoms with E-state index in [2.05, 4.69) is 0 Å². The number of aliphatic hydroxyl groups excluding tert-OH is 1. The number of sulfone groups is 2. The van der Waals surface area contributed by atoms with Gasteiger partial charge in [-0.25, -0.2) is 25.6 Å². The molecule has 0 bridgehead atoms. The van der Waals surface area contributed by atoms with Gasteiger partial charge in [-0.2, -0.15) is 10.5 Å². The van der Waals surface area contributed by atoms with Crippen LogP contribution in [0.15, 0.2) is 70.5 Å². The largest absolute Gasteiger partial charge is 0.457 e. The molecule has 1 fully saturated rings. The summed E-state index contributed by atoms with van der Waals surface area (Å²) in [6.45, 7) is 0.437. The number of hydrogen-bond donors (Lipinski definition) is 1. The van der Waals surface area contributed by atoms with Crippen LogP contribution in [0.5, 0.6) is 23.0 Å². The zero-order chi connectivity index (χ0) is 38.5. The highest BCUT2D eigenvalue weighted by Crippen LogP contribution is 2.50. The van der Waals surface area contributed by atoms with E-state index in [0.717, 1.165) is 36.8 Å². The first-order chi connectivity index (χ1) is 24.9. The highest BCUT2D eigenvalue weighted by molar-refractivity contribution is 7.91. The molecular formula is C36H26F2N2O11S2. The van der Waals surface area contributed by atoms with Crippen LogP contribution in [0, 0.1) is 34.3 Å². The predicted molar refractivity (Wildman–Crippen MR) is 178 cm³/mol. The minimum absolute atomic E-state index is 0.00240. The fourth-order valence-corrected chi connectivity index (χ4v) is 8.16. The van der Waals surface area contributed by atoms with Crippen LogP contribution >= 0.6 is 0 Å². The van der Waals surface area contributed by atoms with Gasteiger partial charge >= 0.3 is 0 Å². The first-order valence-corrected chi connectivity index (χ1v) is 19.3. The Morgan fingerprint density at radius 2 is 1.26 bits per heavy atom. The number of ether oxygens (including phenoxy) is 4. The number of carbonyl (C=O) groups is 2. The summed E-state index contributed by atoms with van der Waals surface area (Å²) >= 11 is 0. The number of rotatable bonds is 6. The van der Waals surface area contributed by atoms with Gasteiger partial charge in [0.05, 0.1) is 64.4 Å². The summed E-state index contributed by atoms with van der Waals surface area (Å²) < 4.78 is 98.0. The highest BCUT2D eigenvalue weighted by atomic mass is 32.2. The second-order valence-electron chi connectivity index (χ2n) is 12.2. The van der Waals surface area contributed by atoms with E-state index >= 15 is 0 Å². The SMILES string of the molecule is CS(=O)(=O)c1ccc(Oc2cc(F)cc(C#N)c2)c2c1C(=O)C[C@H]2O.CS(=O)(=O)c1ccc(Oc2cc(F)cc(C#N)c2)c2c1C1(CC2=O)OCCO1. The van der Waals surface area contributed by atoms with Crippen LogP contribution < -0.4 is 9.47 Å². The van der Waals surface area contributed by atoms with Crippen molar-refractivity contribution in [2.24, 2.45) is 0 Å². The van der Waals surface area contributed by atoms with Crippen LogP contribution in [0.1, 0.15) is 61.9 Å². The molecule has 13 nitrogen and oxygen atoms in total. The van der Waals surface area contributed by atoms with Crippen molar-refractivity contribution in [2.75, 3.05) is 25.7 Å². The molecule has 1 atom stereocenters. The third-order valence-electron chi connectivity index (χ3n) is 8.35. The number of carbonyl (C=O) groups excluding carboxylic acids is 2. The highest BCUT2D eigenvalue weighted by Gasteiger charge is 2.52. The maximum Gasteiger partial charge on any atom is 0.204 e. The molecule has 4 aromatic carbocycles.